The third-order valence-electron chi connectivity index (χ3n) is 6.89. The average Bonchev–Trinajstić information content (AvgIpc) is 3.02. The Balaban J connectivity index is 1.85. The monoisotopic (exact) mass is 673 g/mol. The van der Waals surface area contributed by atoms with Gasteiger partial charge in [-0.1, -0.05) is 89.4 Å². The molecule has 1 atom stereocenters. The molecule has 0 heterocycles. The van der Waals surface area contributed by atoms with Crippen LogP contribution in [0.3, 0.4) is 0 Å². The van der Waals surface area contributed by atoms with Crippen LogP contribution in [0.2, 0.25) is 15.1 Å². The van der Waals surface area contributed by atoms with Crippen LogP contribution in [0.15, 0.2) is 102 Å². The van der Waals surface area contributed by atoms with Crippen molar-refractivity contribution in [1.29, 1.82) is 0 Å². The second-order valence-electron chi connectivity index (χ2n) is 9.72. The van der Waals surface area contributed by atoms with Gasteiger partial charge >= 0.3 is 0 Å². The number of hydrogen-bond donors (Lipinski definition) is 1. The summed E-state index contributed by atoms with van der Waals surface area (Å²) in [4.78, 5) is 29.1. The molecule has 0 spiro atoms. The molecule has 12 heteroatoms. The summed E-state index contributed by atoms with van der Waals surface area (Å²) < 4.78 is 34.6. The van der Waals surface area contributed by atoms with Crippen LogP contribution in [0.1, 0.15) is 11.1 Å². The van der Waals surface area contributed by atoms with E-state index in [1.807, 2.05) is 30.3 Å². The van der Waals surface area contributed by atoms with Gasteiger partial charge in [-0.3, -0.25) is 13.9 Å². The number of benzene rings is 4. The number of likely N-dealkylation sites (N-methyl/N-ethyl adjacent to an activating group) is 1. The van der Waals surface area contributed by atoms with E-state index in [4.69, 9.17) is 39.5 Å². The zero-order chi connectivity index (χ0) is 31.9. The smallest absolute Gasteiger partial charge is 0.264 e. The first-order chi connectivity index (χ1) is 21.0. The number of amides is 2. The maximum Gasteiger partial charge on any atom is 0.264 e. The number of carbonyl (C=O) groups excluding carboxylic acids is 2. The minimum atomic E-state index is -4.33. The molecule has 4 aromatic rings. The number of nitrogens with one attached hydrogen (secondary N) is 1. The molecule has 0 radical (unpaired) electrons. The molecule has 0 aliphatic rings. The fraction of sp³-hybridized carbons (Fsp3) is 0.188. The Morgan fingerprint density at radius 3 is 2.09 bits per heavy atom. The van der Waals surface area contributed by atoms with E-state index in [-0.39, 0.29) is 39.3 Å². The van der Waals surface area contributed by atoms with E-state index in [0.717, 1.165) is 9.87 Å². The molecule has 1 unspecified atom stereocenters. The Bertz CT molecular complexity index is 1720. The number of rotatable bonds is 12. The third-order valence-corrected chi connectivity index (χ3v) is 9.49. The van der Waals surface area contributed by atoms with Crippen molar-refractivity contribution in [2.45, 2.75) is 23.9 Å². The van der Waals surface area contributed by atoms with Crippen LogP contribution < -0.4 is 14.4 Å². The number of halogens is 3. The van der Waals surface area contributed by atoms with Crippen molar-refractivity contribution in [3.63, 3.8) is 0 Å². The van der Waals surface area contributed by atoms with Crippen molar-refractivity contribution in [3.05, 3.63) is 123 Å². The number of anilines is 1. The van der Waals surface area contributed by atoms with Gasteiger partial charge in [0.2, 0.25) is 11.8 Å². The number of methoxy groups -OCH3 is 1. The van der Waals surface area contributed by atoms with Gasteiger partial charge in [0.25, 0.3) is 10.0 Å². The maximum absolute atomic E-state index is 14.4. The number of hydrogen-bond acceptors (Lipinski definition) is 5. The van der Waals surface area contributed by atoms with Crippen molar-refractivity contribution in [1.82, 2.24) is 10.2 Å². The lowest BCUT2D eigenvalue weighted by molar-refractivity contribution is -0.139. The highest BCUT2D eigenvalue weighted by Gasteiger charge is 2.35. The largest absolute Gasteiger partial charge is 0.495 e. The van der Waals surface area contributed by atoms with Crippen LogP contribution in [-0.4, -0.2) is 51.9 Å². The predicted molar refractivity (Wildman–Crippen MR) is 174 cm³/mol. The molecule has 0 aliphatic carbocycles. The van der Waals surface area contributed by atoms with Crippen LogP contribution in [0.5, 0.6) is 5.75 Å². The van der Waals surface area contributed by atoms with Crippen LogP contribution in [0, 0.1) is 0 Å². The van der Waals surface area contributed by atoms with Crippen molar-refractivity contribution in [2.75, 3.05) is 25.0 Å². The SMILES string of the molecule is CNC(=O)C(Cc1ccccc1)N(Cc1ccc(Cl)cc1Cl)C(=O)CN(c1cc(Cl)ccc1OC)S(=O)(=O)c1ccccc1. The molecule has 4 aromatic carbocycles. The molecule has 0 fully saturated rings. The maximum atomic E-state index is 14.4. The number of ether oxygens (including phenoxy) is 1. The van der Waals surface area contributed by atoms with Crippen molar-refractivity contribution < 1.29 is 22.7 Å². The summed E-state index contributed by atoms with van der Waals surface area (Å²) in [5.41, 5.74) is 1.37. The number of nitrogens with zero attached hydrogens (tertiary/aromatic N) is 2. The second-order valence-corrected chi connectivity index (χ2v) is 12.9. The van der Waals surface area contributed by atoms with Crippen LogP contribution in [0.4, 0.5) is 5.69 Å². The molecule has 0 bridgehead atoms. The van der Waals surface area contributed by atoms with E-state index < -0.39 is 34.4 Å². The Labute approximate surface area is 272 Å². The molecule has 8 nitrogen and oxygen atoms in total. The molecular formula is C32H30Cl3N3O5S. The molecule has 0 saturated carbocycles. The van der Waals surface area contributed by atoms with Gasteiger partial charge < -0.3 is 15.0 Å². The van der Waals surface area contributed by atoms with Gasteiger partial charge in [0.1, 0.15) is 18.3 Å². The summed E-state index contributed by atoms with van der Waals surface area (Å²) in [6.45, 7) is -0.785. The summed E-state index contributed by atoms with van der Waals surface area (Å²) >= 11 is 18.9. The zero-order valence-electron chi connectivity index (χ0n) is 23.9. The van der Waals surface area contributed by atoms with Crippen molar-refractivity contribution in [2.24, 2.45) is 0 Å². The topological polar surface area (TPSA) is 96.0 Å². The molecule has 44 heavy (non-hydrogen) atoms. The Hall–Kier alpha value is -3.76. The first-order valence-electron chi connectivity index (χ1n) is 13.5. The van der Waals surface area contributed by atoms with Gasteiger partial charge in [0.05, 0.1) is 17.7 Å². The quantitative estimate of drug-likeness (QED) is 0.192. The van der Waals surface area contributed by atoms with E-state index in [0.29, 0.717) is 10.6 Å². The number of carbonyl (C=O) groups is 2. The molecule has 0 aliphatic heterocycles. The van der Waals surface area contributed by atoms with Gasteiger partial charge in [0, 0.05) is 35.1 Å². The molecule has 4 rings (SSSR count). The first kappa shape index (κ1) is 33.1. The lowest BCUT2D eigenvalue weighted by atomic mass is 10.0. The fourth-order valence-electron chi connectivity index (χ4n) is 4.65. The summed E-state index contributed by atoms with van der Waals surface area (Å²) in [7, 11) is -1.47. The molecular weight excluding hydrogens is 645 g/mol. The van der Waals surface area contributed by atoms with E-state index in [1.165, 1.54) is 49.4 Å². The molecule has 1 N–H and O–H groups in total. The highest BCUT2D eigenvalue weighted by atomic mass is 35.5. The fourth-order valence-corrected chi connectivity index (χ4v) is 6.72. The molecule has 230 valence electrons. The molecule has 2 amide bonds. The Morgan fingerprint density at radius 1 is 0.864 bits per heavy atom. The van der Waals surface area contributed by atoms with E-state index in [9.17, 15) is 18.0 Å². The first-order valence-corrected chi connectivity index (χ1v) is 16.0. The normalized spacial score (nSPS) is 11.8. The van der Waals surface area contributed by atoms with E-state index in [2.05, 4.69) is 5.32 Å². The second kappa shape index (κ2) is 14.8. The number of sulfonamides is 1. The summed E-state index contributed by atoms with van der Waals surface area (Å²) in [6.07, 6.45) is 0.156. The van der Waals surface area contributed by atoms with E-state index >= 15 is 0 Å². The minimum Gasteiger partial charge on any atom is -0.495 e. The lowest BCUT2D eigenvalue weighted by Crippen LogP contribution is -2.53. The summed E-state index contributed by atoms with van der Waals surface area (Å²) in [5.74, 6) is -0.923. The summed E-state index contributed by atoms with van der Waals surface area (Å²) in [6, 6.07) is 25.2. The van der Waals surface area contributed by atoms with Crippen molar-refractivity contribution >= 4 is 62.3 Å². The third kappa shape index (κ3) is 7.84. The standard InChI is InChI=1S/C32H30Cl3N3O5S/c1-36-32(40)29(17-22-9-5-3-6-10-22)37(20-23-13-14-24(33)18-27(23)35)31(39)21-38(28-19-25(34)15-16-30(28)43-2)44(41,42)26-11-7-4-8-12-26/h3-16,18-19,29H,17,20-21H2,1-2H3,(H,36,40). The molecule has 0 saturated heterocycles. The highest BCUT2D eigenvalue weighted by Crippen LogP contribution is 2.35. The molecule has 0 aromatic heterocycles. The van der Waals surface area contributed by atoms with Gasteiger partial charge in [-0.2, -0.15) is 0 Å². The van der Waals surface area contributed by atoms with Gasteiger partial charge in [-0.05, 0) is 53.6 Å². The van der Waals surface area contributed by atoms with Gasteiger partial charge in [0.15, 0.2) is 0 Å². The average molecular weight is 675 g/mol. The van der Waals surface area contributed by atoms with Crippen molar-refractivity contribution in [3.8, 4) is 5.75 Å². The van der Waals surface area contributed by atoms with Crippen LogP contribution >= 0.6 is 34.8 Å². The van der Waals surface area contributed by atoms with Crippen LogP contribution in [-0.2, 0) is 32.6 Å². The van der Waals surface area contributed by atoms with Gasteiger partial charge in [-0.25, -0.2) is 8.42 Å². The van der Waals surface area contributed by atoms with Crippen LogP contribution in [0.25, 0.3) is 0 Å². The minimum absolute atomic E-state index is 0.0470. The Morgan fingerprint density at radius 2 is 1.48 bits per heavy atom. The zero-order valence-corrected chi connectivity index (χ0v) is 27.0. The van der Waals surface area contributed by atoms with E-state index in [1.54, 1.807) is 36.4 Å². The Kier molecular flexibility index (Phi) is 11.2. The van der Waals surface area contributed by atoms with Gasteiger partial charge in [-0.15, -0.1) is 0 Å². The highest BCUT2D eigenvalue weighted by molar-refractivity contribution is 7.92. The predicted octanol–water partition coefficient (Wildman–Crippen LogP) is 6.24. The lowest BCUT2D eigenvalue weighted by Gasteiger charge is -2.34. The summed E-state index contributed by atoms with van der Waals surface area (Å²) in [5, 5.41) is 3.56.